The molecule has 0 fully saturated rings. The number of thioether (sulfide) groups is 1. The zero-order valence-electron chi connectivity index (χ0n) is 12.0. The maximum Gasteiger partial charge on any atom is 0.343 e. The van der Waals surface area contributed by atoms with Gasteiger partial charge in [0, 0.05) is 6.54 Å². The van der Waals surface area contributed by atoms with Crippen LogP contribution in [0.1, 0.15) is 25.6 Å². The summed E-state index contributed by atoms with van der Waals surface area (Å²) in [4.78, 5) is 30.8. The molecule has 7 nitrogen and oxygen atoms in total. The first-order valence-corrected chi connectivity index (χ1v) is 8.80. The number of hydrogen-bond acceptors (Lipinski definition) is 6. The van der Waals surface area contributed by atoms with E-state index in [0.29, 0.717) is 33.5 Å². The molecule has 0 amide bonds. The minimum atomic E-state index is -0.203. The average Bonchev–Trinajstić information content (AvgIpc) is 3.10. The molecule has 3 aromatic heterocycles. The summed E-state index contributed by atoms with van der Waals surface area (Å²) in [5, 5.41) is 8.96. The molecular formula is C13H15N5O2S2. The maximum atomic E-state index is 11.9. The molecule has 0 atom stereocenters. The van der Waals surface area contributed by atoms with Gasteiger partial charge in [0.15, 0.2) is 5.16 Å². The average molecular weight is 337 g/mol. The van der Waals surface area contributed by atoms with Crippen LogP contribution in [0.15, 0.2) is 26.2 Å². The summed E-state index contributed by atoms with van der Waals surface area (Å²) in [7, 11) is 0. The number of thiophene rings is 1. The van der Waals surface area contributed by atoms with Gasteiger partial charge >= 0.3 is 5.69 Å². The van der Waals surface area contributed by atoms with Crippen LogP contribution in [0.5, 0.6) is 0 Å². The van der Waals surface area contributed by atoms with Crippen LogP contribution < -0.4 is 11.2 Å². The van der Waals surface area contributed by atoms with Crippen molar-refractivity contribution in [1.29, 1.82) is 0 Å². The van der Waals surface area contributed by atoms with Crippen molar-refractivity contribution in [2.24, 2.45) is 0 Å². The van der Waals surface area contributed by atoms with Crippen molar-refractivity contribution in [1.82, 2.24) is 24.7 Å². The molecule has 0 unspecified atom stereocenters. The Hall–Kier alpha value is -1.87. The minimum absolute atomic E-state index is 0.124. The van der Waals surface area contributed by atoms with E-state index in [2.05, 4.69) is 27.1 Å². The predicted octanol–water partition coefficient (Wildman–Crippen LogP) is 1.96. The lowest BCUT2D eigenvalue weighted by atomic mass is 10.3. The van der Waals surface area contributed by atoms with E-state index in [-0.39, 0.29) is 11.2 Å². The zero-order valence-corrected chi connectivity index (χ0v) is 13.6. The van der Waals surface area contributed by atoms with Crippen LogP contribution in [0.25, 0.3) is 10.2 Å². The first-order valence-electron chi connectivity index (χ1n) is 6.93. The smallest absolute Gasteiger partial charge is 0.309 e. The molecule has 0 aliphatic rings. The largest absolute Gasteiger partial charge is 0.343 e. The second kappa shape index (κ2) is 6.49. The van der Waals surface area contributed by atoms with Gasteiger partial charge in [-0.15, -0.1) is 16.4 Å². The van der Waals surface area contributed by atoms with Crippen LogP contribution in [0.2, 0.25) is 0 Å². The van der Waals surface area contributed by atoms with Crippen molar-refractivity contribution in [3.8, 4) is 0 Å². The van der Waals surface area contributed by atoms with E-state index in [4.69, 9.17) is 0 Å². The molecule has 3 rings (SSSR count). The van der Waals surface area contributed by atoms with Crippen molar-refractivity contribution < 1.29 is 0 Å². The fourth-order valence-corrected chi connectivity index (χ4v) is 3.62. The standard InChI is InChI=1S/C13H15N5O2S2/c1-2-3-5-18-12(20)16-17-13(18)22-7-9-14-8-4-6-21-10(8)11(19)15-9/h4,6H,2-3,5,7H2,1H3,(H,16,20)(H,14,15,19). The quantitative estimate of drug-likeness (QED) is 0.670. The number of fused-ring (bicyclic) bond motifs is 1. The van der Waals surface area contributed by atoms with Crippen molar-refractivity contribution in [2.45, 2.75) is 37.2 Å². The second-order valence-electron chi connectivity index (χ2n) is 4.75. The van der Waals surface area contributed by atoms with E-state index >= 15 is 0 Å². The van der Waals surface area contributed by atoms with E-state index in [1.54, 1.807) is 4.57 Å². The summed E-state index contributed by atoms with van der Waals surface area (Å²) in [6.45, 7) is 2.71. The molecule has 0 aromatic carbocycles. The first kappa shape index (κ1) is 15.0. The molecule has 0 spiro atoms. The fourth-order valence-electron chi connectivity index (χ4n) is 2.05. The van der Waals surface area contributed by atoms with Crippen LogP contribution in [-0.4, -0.2) is 24.7 Å². The summed E-state index contributed by atoms with van der Waals surface area (Å²) in [5.41, 5.74) is 0.376. The highest BCUT2D eigenvalue weighted by Gasteiger charge is 2.10. The summed E-state index contributed by atoms with van der Waals surface area (Å²) >= 11 is 2.76. The molecule has 0 radical (unpaired) electrons. The number of aromatic amines is 2. The Labute approximate surface area is 133 Å². The van der Waals surface area contributed by atoms with Crippen LogP contribution >= 0.6 is 23.1 Å². The van der Waals surface area contributed by atoms with E-state index in [0.717, 1.165) is 12.8 Å². The van der Waals surface area contributed by atoms with E-state index < -0.39 is 0 Å². The zero-order chi connectivity index (χ0) is 15.5. The molecule has 22 heavy (non-hydrogen) atoms. The monoisotopic (exact) mass is 337 g/mol. The van der Waals surface area contributed by atoms with E-state index in [1.807, 2.05) is 11.4 Å². The van der Waals surface area contributed by atoms with Gasteiger partial charge in [-0.1, -0.05) is 25.1 Å². The Bertz CT molecular complexity index is 892. The van der Waals surface area contributed by atoms with Gasteiger partial charge in [-0.25, -0.2) is 14.9 Å². The highest BCUT2D eigenvalue weighted by Crippen LogP contribution is 2.19. The third-order valence-electron chi connectivity index (χ3n) is 3.16. The number of hydrogen-bond donors (Lipinski definition) is 2. The molecule has 0 saturated heterocycles. The van der Waals surface area contributed by atoms with E-state index in [1.165, 1.54) is 23.1 Å². The highest BCUT2D eigenvalue weighted by molar-refractivity contribution is 7.98. The SMILES string of the molecule is CCCCn1c(SCc2nc3ccsc3c(=O)[nH]2)n[nH]c1=O. The number of nitrogens with one attached hydrogen (secondary N) is 2. The number of rotatable bonds is 6. The Kier molecular flexibility index (Phi) is 4.44. The first-order chi connectivity index (χ1) is 10.7. The molecule has 3 heterocycles. The lowest BCUT2D eigenvalue weighted by molar-refractivity contribution is 0.573. The van der Waals surface area contributed by atoms with Crippen molar-refractivity contribution in [3.63, 3.8) is 0 Å². The predicted molar refractivity (Wildman–Crippen MR) is 87.6 cm³/mol. The van der Waals surface area contributed by atoms with Crippen LogP contribution in [0.3, 0.4) is 0 Å². The van der Waals surface area contributed by atoms with Gasteiger partial charge in [0.2, 0.25) is 0 Å². The maximum absolute atomic E-state index is 11.9. The lowest BCUT2D eigenvalue weighted by Gasteiger charge is -2.04. The third-order valence-corrected chi connectivity index (χ3v) is 5.05. The van der Waals surface area contributed by atoms with Crippen molar-refractivity contribution in [2.75, 3.05) is 0 Å². The van der Waals surface area contributed by atoms with Crippen LogP contribution in [-0.2, 0) is 12.3 Å². The molecule has 0 aliphatic carbocycles. The fraction of sp³-hybridized carbons (Fsp3) is 0.385. The van der Waals surface area contributed by atoms with Gasteiger partial charge < -0.3 is 4.98 Å². The Morgan fingerprint density at radius 1 is 1.41 bits per heavy atom. The number of nitrogens with zero attached hydrogens (tertiary/aromatic N) is 3. The summed E-state index contributed by atoms with van der Waals surface area (Å²) in [5.74, 6) is 1.04. The van der Waals surface area contributed by atoms with Gasteiger partial charge in [-0.05, 0) is 17.9 Å². The normalized spacial score (nSPS) is 11.3. The molecular weight excluding hydrogens is 322 g/mol. The molecule has 116 valence electrons. The molecule has 0 saturated carbocycles. The number of H-pyrrole nitrogens is 2. The van der Waals surface area contributed by atoms with Gasteiger partial charge in [0.05, 0.1) is 11.3 Å². The highest BCUT2D eigenvalue weighted by atomic mass is 32.2. The summed E-state index contributed by atoms with van der Waals surface area (Å²) in [6, 6.07) is 1.83. The molecule has 3 aromatic rings. The lowest BCUT2D eigenvalue weighted by Crippen LogP contribution is -2.17. The van der Waals surface area contributed by atoms with E-state index in [9.17, 15) is 9.59 Å². The third kappa shape index (κ3) is 3.00. The topological polar surface area (TPSA) is 96.4 Å². The Morgan fingerprint density at radius 3 is 3.09 bits per heavy atom. The second-order valence-corrected chi connectivity index (χ2v) is 6.61. The minimum Gasteiger partial charge on any atom is -0.309 e. The molecule has 9 heteroatoms. The van der Waals surface area contributed by atoms with Gasteiger partial charge in [0.1, 0.15) is 10.5 Å². The Balaban J connectivity index is 1.79. The van der Waals surface area contributed by atoms with Gasteiger partial charge in [-0.2, -0.15) is 0 Å². The van der Waals surface area contributed by atoms with Crippen LogP contribution in [0, 0.1) is 0 Å². The molecule has 0 bridgehead atoms. The van der Waals surface area contributed by atoms with Crippen molar-refractivity contribution >= 4 is 33.3 Å². The molecule has 0 aliphatic heterocycles. The van der Waals surface area contributed by atoms with Crippen molar-refractivity contribution in [3.05, 3.63) is 38.1 Å². The van der Waals surface area contributed by atoms with Crippen LogP contribution in [0.4, 0.5) is 0 Å². The summed E-state index contributed by atoms with van der Waals surface area (Å²) in [6.07, 6.45) is 1.92. The van der Waals surface area contributed by atoms with Gasteiger partial charge in [0.25, 0.3) is 5.56 Å². The van der Waals surface area contributed by atoms with Gasteiger partial charge in [-0.3, -0.25) is 9.36 Å². The number of aromatic nitrogens is 5. The summed E-state index contributed by atoms with van der Waals surface area (Å²) < 4.78 is 2.25. The molecule has 2 N–H and O–H groups in total. The number of unbranched alkanes of at least 4 members (excludes halogenated alkanes) is 1. The Morgan fingerprint density at radius 2 is 2.27 bits per heavy atom.